The van der Waals surface area contributed by atoms with E-state index in [1.807, 2.05) is 6.92 Å². The lowest BCUT2D eigenvalue weighted by Gasteiger charge is -2.07. The number of nitrogens with zero attached hydrogens (tertiary/aromatic N) is 2. The van der Waals surface area contributed by atoms with Crippen LogP contribution in [0.3, 0.4) is 0 Å². The molecule has 2 N–H and O–H groups in total. The van der Waals surface area contributed by atoms with Crippen molar-refractivity contribution in [2.75, 3.05) is 0 Å². The molecule has 0 fully saturated rings. The van der Waals surface area contributed by atoms with Crippen LogP contribution in [0.25, 0.3) is 11.3 Å². The fourth-order valence-electron chi connectivity index (χ4n) is 1.73. The molecule has 0 aromatic carbocycles. The normalized spacial score (nSPS) is 10.6. The van der Waals surface area contributed by atoms with Crippen LogP contribution < -0.4 is 5.56 Å². The third kappa shape index (κ3) is 1.71. The summed E-state index contributed by atoms with van der Waals surface area (Å²) in [4.78, 5) is 14.0. The first-order valence-corrected chi connectivity index (χ1v) is 5.06. The Balaban J connectivity index is 2.68. The Labute approximate surface area is 92.4 Å². The monoisotopic (exact) mass is 219 g/mol. The first-order valence-electron chi connectivity index (χ1n) is 5.06. The van der Waals surface area contributed by atoms with Gasteiger partial charge in [-0.15, -0.1) is 0 Å². The Bertz CT molecular complexity index is 569. The summed E-state index contributed by atoms with van der Waals surface area (Å²) < 4.78 is 1.65. The van der Waals surface area contributed by atoms with Crippen LogP contribution in [-0.4, -0.2) is 19.9 Å². The second-order valence-corrected chi connectivity index (χ2v) is 3.63. The van der Waals surface area contributed by atoms with Gasteiger partial charge in [0.25, 0.3) is 5.56 Å². The number of aromatic hydroxyl groups is 1. The van der Waals surface area contributed by atoms with Crippen LogP contribution in [0.5, 0.6) is 5.75 Å². The van der Waals surface area contributed by atoms with E-state index in [1.165, 1.54) is 6.07 Å². The zero-order valence-corrected chi connectivity index (χ0v) is 9.19. The van der Waals surface area contributed by atoms with Crippen molar-refractivity contribution in [2.24, 2.45) is 7.05 Å². The van der Waals surface area contributed by atoms with Crippen LogP contribution in [0, 0.1) is 0 Å². The molecule has 5 heteroatoms. The summed E-state index contributed by atoms with van der Waals surface area (Å²) in [6.45, 7) is 1.92. The Morgan fingerprint density at radius 2 is 2.31 bits per heavy atom. The lowest BCUT2D eigenvalue weighted by Crippen LogP contribution is -2.07. The number of hydrogen-bond acceptors (Lipinski definition) is 3. The second-order valence-electron chi connectivity index (χ2n) is 3.63. The van der Waals surface area contributed by atoms with E-state index in [4.69, 9.17) is 0 Å². The molecule has 0 aliphatic rings. The molecule has 0 amide bonds. The van der Waals surface area contributed by atoms with E-state index in [0.29, 0.717) is 12.1 Å². The molecule has 2 aromatic heterocycles. The van der Waals surface area contributed by atoms with Crippen molar-refractivity contribution in [1.82, 2.24) is 14.8 Å². The average Bonchev–Trinajstić information content (AvgIpc) is 2.63. The van der Waals surface area contributed by atoms with Crippen molar-refractivity contribution in [1.29, 1.82) is 0 Å². The maximum Gasteiger partial charge on any atom is 0.252 e. The third-order valence-corrected chi connectivity index (χ3v) is 2.47. The van der Waals surface area contributed by atoms with Crippen LogP contribution in [0.2, 0.25) is 0 Å². The molecule has 84 valence electrons. The molecule has 0 spiro atoms. The number of rotatable bonds is 2. The topological polar surface area (TPSA) is 70.9 Å². The Morgan fingerprint density at radius 1 is 1.56 bits per heavy atom. The van der Waals surface area contributed by atoms with E-state index in [2.05, 4.69) is 10.1 Å². The summed E-state index contributed by atoms with van der Waals surface area (Å²) in [7, 11) is 1.80. The van der Waals surface area contributed by atoms with Gasteiger partial charge in [-0.1, -0.05) is 6.92 Å². The fraction of sp³-hybridized carbons (Fsp3) is 0.273. The lowest BCUT2D eigenvalue weighted by molar-refractivity contribution is 0.467. The first kappa shape index (κ1) is 10.5. The quantitative estimate of drug-likeness (QED) is 0.792. The molecule has 0 aliphatic carbocycles. The van der Waals surface area contributed by atoms with Gasteiger partial charge in [-0.05, 0) is 6.42 Å². The van der Waals surface area contributed by atoms with Gasteiger partial charge in [-0.2, -0.15) is 5.10 Å². The molecule has 2 rings (SSSR count). The molecule has 0 unspecified atom stereocenters. The third-order valence-electron chi connectivity index (χ3n) is 2.47. The second kappa shape index (κ2) is 3.84. The summed E-state index contributed by atoms with van der Waals surface area (Å²) in [5.74, 6) is 0.0325. The number of H-pyrrole nitrogens is 1. The van der Waals surface area contributed by atoms with Crippen molar-refractivity contribution in [3.8, 4) is 17.0 Å². The van der Waals surface area contributed by atoms with Gasteiger partial charge < -0.3 is 10.1 Å². The van der Waals surface area contributed by atoms with Gasteiger partial charge in [0, 0.05) is 30.4 Å². The highest BCUT2D eigenvalue weighted by atomic mass is 16.3. The van der Waals surface area contributed by atoms with Crippen LogP contribution in [0.4, 0.5) is 0 Å². The molecule has 2 aromatic rings. The molecular formula is C11H13N3O2. The standard InChI is InChI=1S/C11H13N3O2/c1-3-8-9(15)4-10(16)13-11(8)7-5-12-14(2)6-7/h4-6H,3H2,1-2H3,(H2,13,15,16). The molecule has 0 aliphatic heterocycles. The Hall–Kier alpha value is -2.04. The van der Waals surface area contributed by atoms with Crippen molar-refractivity contribution in [3.05, 3.63) is 34.4 Å². The minimum absolute atomic E-state index is 0.0325. The number of pyridine rings is 1. The predicted octanol–water partition coefficient (Wildman–Crippen LogP) is 1.04. The maximum atomic E-state index is 11.3. The Morgan fingerprint density at radius 3 is 2.88 bits per heavy atom. The Kier molecular flexibility index (Phi) is 2.52. The summed E-state index contributed by atoms with van der Waals surface area (Å²) in [6.07, 6.45) is 4.10. The highest BCUT2D eigenvalue weighted by Crippen LogP contribution is 2.26. The molecule has 16 heavy (non-hydrogen) atoms. The van der Waals surface area contributed by atoms with Gasteiger partial charge in [-0.25, -0.2) is 0 Å². The maximum absolute atomic E-state index is 11.3. The summed E-state index contributed by atoms with van der Waals surface area (Å²) in [6, 6.07) is 1.19. The van der Waals surface area contributed by atoms with Crippen LogP contribution >= 0.6 is 0 Å². The largest absolute Gasteiger partial charge is 0.507 e. The number of hydrogen-bond donors (Lipinski definition) is 2. The number of aromatic nitrogens is 3. The minimum atomic E-state index is -0.312. The zero-order chi connectivity index (χ0) is 11.7. The van der Waals surface area contributed by atoms with Gasteiger partial charge in [-0.3, -0.25) is 9.48 Å². The summed E-state index contributed by atoms with van der Waals surface area (Å²) in [5.41, 5.74) is 1.86. The van der Waals surface area contributed by atoms with Crippen LogP contribution in [0.15, 0.2) is 23.3 Å². The van der Waals surface area contributed by atoms with E-state index in [0.717, 1.165) is 11.1 Å². The van der Waals surface area contributed by atoms with E-state index in [1.54, 1.807) is 24.1 Å². The smallest absolute Gasteiger partial charge is 0.252 e. The number of aromatic amines is 1. The highest BCUT2D eigenvalue weighted by molar-refractivity contribution is 5.64. The molecule has 0 atom stereocenters. The van der Waals surface area contributed by atoms with Crippen LogP contribution in [-0.2, 0) is 13.5 Å². The van der Waals surface area contributed by atoms with Gasteiger partial charge >= 0.3 is 0 Å². The molecule has 0 saturated carbocycles. The highest BCUT2D eigenvalue weighted by Gasteiger charge is 2.11. The van der Waals surface area contributed by atoms with E-state index >= 15 is 0 Å². The van der Waals surface area contributed by atoms with Gasteiger partial charge in [0.2, 0.25) is 0 Å². The summed E-state index contributed by atoms with van der Waals surface area (Å²) >= 11 is 0. The van der Waals surface area contributed by atoms with Gasteiger partial charge in [0.1, 0.15) is 5.75 Å². The zero-order valence-electron chi connectivity index (χ0n) is 9.19. The van der Waals surface area contributed by atoms with E-state index in [9.17, 15) is 9.90 Å². The minimum Gasteiger partial charge on any atom is -0.507 e. The molecule has 0 bridgehead atoms. The molecule has 0 radical (unpaired) electrons. The molecule has 5 nitrogen and oxygen atoms in total. The van der Waals surface area contributed by atoms with Crippen LogP contribution in [0.1, 0.15) is 12.5 Å². The molecule has 2 heterocycles. The molecule has 0 saturated heterocycles. The van der Waals surface area contributed by atoms with Gasteiger partial charge in [0.15, 0.2) is 0 Å². The SMILES string of the molecule is CCc1c(O)cc(=O)[nH]c1-c1cnn(C)c1. The van der Waals surface area contributed by atoms with Crippen molar-refractivity contribution >= 4 is 0 Å². The first-order chi connectivity index (χ1) is 7.61. The van der Waals surface area contributed by atoms with E-state index < -0.39 is 0 Å². The molecular weight excluding hydrogens is 206 g/mol. The predicted molar refractivity (Wildman–Crippen MR) is 60.3 cm³/mol. The van der Waals surface area contributed by atoms with Gasteiger partial charge in [0.05, 0.1) is 11.9 Å². The van der Waals surface area contributed by atoms with Crippen molar-refractivity contribution < 1.29 is 5.11 Å². The fourth-order valence-corrected chi connectivity index (χ4v) is 1.73. The van der Waals surface area contributed by atoms with Crippen molar-refractivity contribution in [2.45, 2.75) is 13.3 Å². The lowest BCUT2D eigenvalue weighted by atomic mass is 10.1. The van der Waals surface area contributed by atoms with E-state index in [-0.39, 0.29) is 11.3 Å². The summed E-state index contributed by atoms with van der Waals surface area (Å²) in [5, 5.41) is 13.7. The van der Waals surface area contributed by atoms with Crippen molar-refractivity contribution in [3.63, 3.8) is 0 Å². The number of aryl methyl sites for hydroxylation is 1. The number of nitrogens with one attached hydrogen (secondary N) is 1. The average molecular weight is 219 g/mol.